The van der Waals surface area contributed by atoms with E-state index in [0.29, 0.717) is 10.2 Å². The number of nitrogens with one attached hydrogen (secondary N) is 1. The zero-order valence-electron chi connectivity index (χ0n) is 16.3. The Hall–Kier alpha value is -3.39. The summed E-state index contributed by atoms with van der Waals surface area (Å²) in [6.45, 7) is 4.16. The summed E-state index contributed by atoms with van der Waals surface area (Å²) in [5, 5.41) is 11.8. The Balaban J connectivity index is 1.76. The number of hydrogen-bond acceptors (Lipinski definition) is 8. The molecule has 2 aromatic heterocycles. The standard InChI is InChI=1S/C19H17F2N5O3S/c1-10(25-11(2)27)9-28-15-7-24-16(8-23-15)29-14-5-4-13-17(12(14)6-22)30-18(26-13)19(3,20)21/h4-5,7-8,10H,9H2,1-3H3,(H,25,27). The van der Waals surface area contributed by atoms with E-state index < -0.39 is 5.92 Å². The van der Waals surface area contributed by atoms with Crippen LogP contribution in [0.25, 0.3) is 10.2 Å². The molecule has 0 spiro atoms. The molecule has 1 N–H and O–H groups in total. The predicted octanol–water partition coefficient (Wildman–Crippen LogP) is 3.77. The Morgan fingerprint density at radius 2 is 2.03 bits per heavy atom. The topological polar surface area (TPSA) is 110 Å². The van der Waals surface area contributed by atoms with Gasteiger partial charge in [-0.2, -0.15) is 14.0 Å². The number of hydrogen-bond donors (Lipinski definition) is 1. The largest absolute Gasteiger partial charge is 0.474 e. The Labute approximate surface area is 174 Å². The fraction of sp³-hybridized carbons (Fsp3) is 0.316. The van der Waals surface area contributed by atoms with Gasteiger partial charge in [-0.15, -0.1) is 11.3 Å². The minimum Gasteiger partial charge on any atom is -0.474 e. The van der Waals surface area contributed by atoms with Crippen LogP contribution in [0.1, 0.15) is 31.3 Å². The molecule has 0 aliphatic rings. The Bertz CT molecular complexity index is 1110. The van der Waals surface area contributed by atoms with Gasteiger partial charge in [0.25, 0.3) is 5.92 Å². The van der Waals surface area contributed by atoms with Crippen molar-refractivity contribution in [3.8, 4) is 23.6 Å². The second-order valence-electron chi connectivity index (χ2n) is 6.51. The van der Waals surface area contributed by atoms with Crippen molar-refractivity contribution in [3.63, 3.8) is 0 Å². The minimum absolute atomic E-state index is 0.0896. The highest BCUT2D eigenvalue weighted by molar-refractivity contribution is 7.19. The number of carbonyl (C=O) groups is 1. The highest BCUT2D eigenvalue weighted by Crippen LogP contribution is 2.38. The van der Waals surface area contributed by atoms with E-state index in [9.17, 15) is 18.8 Å². The summed E-state index contributed by atoms with van der Waals surface area (Å²) in [5.41, 5.74) is 0.385. The molecule has 0 aliphatic carbocycles. The van der Waals surface area contributed by atoms with Gasteiger partial charge < -0.3 is 14.8 Å². The summed E-state index contributed by atoms with van der Waals surface area (Å²) in [7, 11) is 0. The third kappa shape index (κ3) is 4.96. The predicted molar refractivity (Wildman–Crippen MR) is 105 cm³/mol. The number of amides is 1. The van der Waals surface area contributed by atoms with E-state index >= 15 is 0 Å². The molecule has 0 aliphatic heterocycles. The van der Waals surface area contributed by atoms with Crippen LogP contribution in [-0.4, -0.2) is 33.5 Å². The zero-order chi connectivity index (χ0) is 21.9. The molecule has 1 amide bonds. The number of benzene rings is 1. The molecule has 8 nitrogen and oxygen atoms in total. The smallest absolute Gasteiger partial charge is 0.296 e. The number of fused-ring (bicyclic) bond motifs is 1. The number of aromatic nitrogens is 3. The van der Waals surface area contributed by atoms with Gasteiger partial charge in [0.05, 0.1) is 28.7 Å². The zero-order valence-corrected chi connectivity index (χ0v) is 17.1. The molecule has 30 heavy (non-hydrogen) atoms. The Kier molecular flexibility index (Phi) is 6.07. The first-order valence-corrected chi connectivity index (χ1v) is 9.60. The van der Waals surface area contributed by atoms with Crippen molar-refractivity contribution < 1.29 is 23.0 Å². The molecule has 1 aromatic carbocycles. The van der Waals surface area contributed by atoms with Crippen LogP contribution in [0.2, 0.25) is 0 Å². The molecule has 11 heteroatoms. The minimum atomic E-state index is -3.10. The quantitative estimate of drug-likeness (QED) is 0.604. The number of nitriles is 1. The number of alkyl halides is 2. The van der Waals surface area contributed by atoms with Crippen molar-refractivity contribution in [1.29, 1.82) is 5.26 Å². The van der Waals surface area contributed by atoms with E-state index in [2.05, 4.69) is 20.3 Å². The van der Waals surface area contributed by atoms with Crippen molar-refractivity contribution in [2.45, 2.75) is 32.7 Å². The van der Waals surface area contributed by atoms with E-state index in [0.717, 1.165) is 18.3 Å². The molecular weight excluding hydrogens is 416 g/mol. The lowest BCUT2D eigenvalue weighted by atomic mass is 10.2. The maximum atomic E-state index is 13.6. The normalized spacial score (nSPS) is 12.3. The van der Waals surface area contributed by atoms with Crippen molar-refractivity contribution >= 4 is 27.5 Å². The van der Waals surface area contributed by atoms with E-state index in [-0.39, 0.29) is 46.6 Å². The number of rotatable bonds is 7. The van der Waals surface area contributed by atoms with Gasteiger partial charge in [-0.05, 0) is 19.1 Å². The lowest BCUT2D eigenvalue weighted by Crippen LogP contribution is -2.35. The van der Waals surface area contributed by atoms with Crippen molar-refractivity contribution in [1.82, 2.24) is 20.3 Å². The van der Waals surface area contributed by atoms with E-state index in [4.69, 9.17) is 9.47 Å². The fourth-order valence-corrected chi connectivity index (χ4v) is 3.48. The van der Waals surface area contributed by atoms with Crippen LogP contribution in [0, 0.1) is 11.3 Å². The monoisotopic (exact) mass is 433 g/mol. The highest BCUT2D eigenvalue weighted by atomic mass is 32.1. The molecule has 3 rings (SSSR count). The second kappa shape index (κ2) is 8.54. The number of thiazole rings is 1. The Morgan fingerprint density at radius 1 is 1.33 bits per heavy atom. The van der Waals surface area contributed by atoms with E-state index in [1.807, 2.05) is 6.07 Å². The molecule has 3 aromatic rings. The summed E-state index contributed by atoms with van der Waals surface area (Å²) in [6.07, 6.45) is 2.64. The average Bonchev–Trinajstić information content (AvgIpc) is 3.12. The van der Waals surface area contributed by atoms with Crippen LogP contribution in [0.4, 0.5) is 8.78 Å². The molecule has 0 saturated carbocycles. The van der Waals surface area contributed by atoms with Crippen molar-refractivity contribution in [2.75, 3.05) is 6.61 Å². The molecule has 0 radical (unpaired) electrons. The number of carbonyl (C=O) groups excluding carboxylic acids is 1. The van der Waals surface area contributed by atoms with Gasteiger partial charge in [0, 0.05) is 13.8 Å². The maximum Gasteiger partial charge on any atom is 0.296 e. The summed E-state index contributed by atoms with van der Waals surface area (Å²) in [4.78, 5) is 23.0. The van der Waals surface area contributed by atoms with Crippen LogP contribution >= 0.6 is 11.3 Å². The van der Waals surface area contributed by atoms with Gasteiger partial charge >= 0.3 is 0 Å². The van der Waals surface area contributed by atoms with Crippen LogP contribution in [0.5, 0.6) is 17.5 Å². The highest BCUT2D eigenvalue weighted by Gasteiger charge is 2.30. The van der Waals surface area contributed by atoms with Crippen LogP contribution in [-0.2, 0) is 10.7 Å². The van der Waals surface area contributed by atoms with Gasteiger partial charge in [0.1, 0.15) is 24.0 Å². The fourth-order valence-electron chi connectivity index (χ4n) is 2.50. The first-order chi connectivity index (χ1) is 14.2. The first-order valence-electron chi connectivity index (χ1n) is 8.79. The molecule has 0 saturated heterocycles. The summed E-state index contributed by atoms with van der Waals surface area (Å²) >= 11 is 0.746. The molecule has 1 unspecified atom stereocenters. The summed E-state index contributed by atoms with van der Waals surface area (Å²) in [5.74, 6) is -2.79. The molecule has 1 atom stereocenters. The third-order valence-electron chi connectivity index (χ3n) is 3.76. The molecule has 0 bridgehead atoms. The number of halogens is 2. The molecule has 156 valence electrons. The number of nitrogens with zero attached hydrogens (tertiary/aromatic N) is 4. The van der Waals surface area contributed by atoms with Gasteiger partial charge in [0.2, 0.25) is 17.7 Å². The Morgan fingerprint density at radius 3 is 2.63 bits per heavy atom. The van der Waals surface area contributed by atoms with Crippen LogP contribution in [0.3, 0.4) is 0 Å². The summed E-state index contributed by atoms with van der Waals surface area (Å²) < 4.78 is 38.5. The average molecular weight is 433 g/mol. The SMILES string of the molecule is CC(=O)NC(C)COc1cnc(Oc2ccc3nc(C(C)(F)F)sc3c2C#N)cn1. The van der Waals surface area contributed by atoms with Gasteiger partial charge in [-0.25, -0.2) is 15.0 Å². The first kappa shape index (κ1) is 21.3. The van der Waals surface area contributed by atoms with Crippen LogP contribution in [0.15, 0.2) is 24.5 Å². The van der Waals surface area contributed by atoms with Gasteiger partial charge in [-0.3, -0.25) is 4.79 Å². The van der Waals surface area contributed by atoms with Gasteiger partial charge in [0.15, 0.2) is 5.01 Å². The molecular formula is C19H17F2N5O3S. The van der Waals surface area contributed by atoms with Crippen LogP contribution < -0.4 is 14.8 Å². The molecule has 2 heterocycles. The van der Waals surface area contributed by atoms with E-state index in [1.165, 1.54) is 31.5 Å². The lowest BCUT2D eigenvalue weighted by molar-refractivity contribution is -0.119. The number of ether oxygens (including phenoxy) is 2. The maximum absolute atomic E-state index is 13.6. The van der Waals surface area contributed by atoms with Crippen molar-refractivity contribution in [2.24, 2.45) is 0 Å². The van der Waals surface area contributed by atoms with E-state index in [1.54, 1.807) is 6.92 Å². The van der Waals surface area contributed by atoms with Gasteiger partial charge in [-0.1, -0.05) is 0 Å². The molecule has 0 fully saturated rings. The van der Waals surface area contributed by atoms with Crippen molar-refractivity contribution in [3.05, 3.63) is 35.1 Å². The third-order valence-corrected chi connectivity index (χ3v) is 5.02. The second-order valence-corrected chi connectivity index (χ2v) is 7.51. The summed E-state index contributed by atoms with van der Waals surface area (Å²) in [6, 6.07) is 4.75. The lowest BCUT2D eigenvalue weighted by Gasteiger charge is -2.13.